The van der Waals surface area contributed by atoms with Crippen LogP contribution >= 0.6 is 0 Å². The zero-order valence-electron chi connectivity index (χ0n) is 15.6. The van der Waals surface area contributed by atoms with Gasteiger partial charge in [-0.2, -0.15) is 0 Å². The lowest BCUT2D eigenvalue weighted by atomic mass is 10.1. The summed E-state index contributed by atoms with van der Waals surface area (Å²) in [6.07, 6.45) is -1.22. The Morgan fingerprint density at radius 2 is 1.71 bits per heavy atom. The third-order valence-corrected chi connectivity index (χ3v) is 3.95. The van der Waals surface area contributed by atoms with Crippen molar-refractivity contribution in [2.24, 2.45) is 0 Å². The Morgan fingerprint density at radius 3 is 2.32 bits per heavy atom. The van der Waals surface area contributed by atoms with Crippen LogP contribution < -0.4 is 10.2 Å². The predicted molar refractivity (Wildman–Crippen MR) is 100.0 cm³/mol. The first-order valence-corrected chi connectivity index (χ1v) is 8.48. The van der Waals surface area contributed by atoms with Gasteiger partial charge < -0.3 is 19.7 Å². The molecule has 0 heterocycles. The van der Waals surface area contributed by atoms with Crippen LogP contribution in [-0.2, 0) is 25.7 Å². The van der Waals surface area contributed by atoms with Gasteiger partial charge in [-0.15, -0.1) is 0 Å². The van der Waals surface area contributed by atoms with Crippen LogP contribution in [0.5, 0.6) is 0 Å². The van der Waals surface area contributed by atoms with Crippen molar-refractivity contribution in [3.8, 4) is 0 Å². The number of carbonyl (C=O) groups excluding carboxylic acids is 3. The van der Waals surface area contributed by atoms with E-state index in [9.17, 15) is 18.8 Å². The Labute approximate surface area is 162 Å². The standard InChI is InChI=1S/C20H21FN2O5/c1-23(16-10-8-15(21)9-11-16)19(25)17(12-18(24)27-2)22-20(26)28-13-14-6-4-3-5-7-14/h3-11,17H,12-13H2,1-2H3,(H,22,26)/t17-/m0/s1. The highest BCUT2D eigenvalue weighted by molar-refractivity contribution is 6.00. The van der Waals surface area contributed by atoms with Gasteiger partial charge in [0, 0.05) is 12.7 Å². The predicted octanol–water partition coefficient (Wildman–Crippen LogP) is 2.65. The van der Waals surface area contributed by atoms with E-state index >= 15 is 0 Å². The van der Waals surface area contributed by atoms with Gasteiger partial charge in [-0.25, -0.2) is 9.18 Å². The van der Waals surface area contributed by atoms with Crippen molar-refractivity contribution in [2.45, 2.75) is 19.1 Å². The number of anilines is 1. The molecule has 0 unspecified atom stereocenters. The molecule has 0 fully saturated rings. The molecule has 0 aromatic heterocycles. The Kier molecular flexibility index (Phi) is 7.50. The highest BCUT2D eigenvalue weighted by Gasteiger charge is 2.28. The van der Waals surface area contributed by atoms with Crippen LogP contribution in [0.25, 0.3) is 0 Å². The van der Waals surface area contributed by atoms with Crippen LogP contribution in [0, 0.1) is 5.82 Å². The molecule has 148 valence electrons. The molecule has 2 rings (SSSR count). The summed E-state index contributed by atoms with van der Waals surface area (Å²) in [5.74, 6) is -1.69. The van der Waals surface area contributed by atoms with Gasteiger partial charge in [-0.1, -0.05) is 30.3 Å². The molecule has 0 aliphatic rings. The monoisotopic (exact) mass is 388 g/mol. The first-order valence-electron chi connectivity index (χ1n) is 8.48. The molecular weight excluding hydrogens is 367 g/mol. The molecule has 0 aliphatic carbocycles. The maximum absolute atomic E-state index is 13.1. The van der Waals surface area contributed by atoms with Crippen LogP contribution in [0.4, 0.5) is 14.9 Å². The first-order chi connectivity index (χ1) is 13.4. The van der Waals surface area contributed by atoms with E-state index in [-0.39, 0.29) is 13.0 Å². The number of carbonyl (C=O) groups is 3. The Bertz CT molecular complexity index is 811. The van der Waals surface area contributed by atoms with Crippen molar-refractivity contribution in [1.82, 2.24) is 5.32 Å². The Morgan fingerprint density at radius 1 is 1.07 bits per heavy atom. The second-order valence-corrected chi connectivity index (χ2v) is 5.91. The maximum atomic E-state index is 13.1. The lowest BCUT2D eigenvalue weighted by molar-refractivity contribution is -0.142. The first kappa shape index (κ1) is 20.9. The zero-order valence-corrected chi connectivity index (χ0v) is 15.6. The number of likely N-dealkylation sites (N-methyl/N-ethyl adjacent to an activating group) is 1. The molecule has 28 heavy (non-hydrogen) atoms. The lowest BCUT2D eigenvalue weighted by Crippen LogP contribution is -2.48. The number of hydrogen-bond acceptors (Lipinski definition) is 5. The lowest BCUT2D eigenvalue weighted by Gasteiger charge is -2.24. The molecule has 0 spiro atoms. The smallest absolute Gasteiger partial charge is 0.408 e. The number of alkyl carbamates (subject to hydrolysis) is 1. The van der Waals surface area contributed by atoms with Crippen molar-refractivity contribution in [3.63, 3.8) is 0 Å². The fourth-order valence-corrected chi connectivity index (χ4v) is 2.38. The number of esters is 1. The number of nitrogens with zero attached hydrogens (tertiary/aromatic N) is 1. The molecule has 2 amide bonds. The summed E-state index contributed by atoms with van der Waals surface area (Å²) in [6.45, 7) is 0.0135. The van der Waals surface area contributed by atoms with Gasteiger partial charge in [0.15, 0.2) is 0 Å². The van der Waals surface area contributed by atoms with Crippen LogP contribution in [0.3, 0.4) is 0 Å². The molecule has 0 radical (unpaired) electrons. The number of hydrogen-bond donors (Lipinski definition) is 1. The number of benzene rings is 2. The summed E-state index contributed by atoms with van der Waals surface area (Å²) in [4.78, 5) is 37.7. The van der Waals surface area contributed by atoms with E-state index in [1.54, 1.807) is 24.3 Å². The number of halogens is 1. The van der Waals surface area contributed by atoms with Crippen molar-refractivity contribution in [3.05, 3.63) is 66.0 Å². The molecule has 2 aromatic rings. The number of ether oxygens (including phenoxy) is 2. The van der Waals surface area contributed by atoms with Crippen LogP contribution in [0.1, 0.15) is 12.0 Å². The van der Waals surface area contributed by atoms with Gasteiger partial charge >= 0.3 is 12.1 Å². The SMILES string of the molecule is COC(=O)C[C@H](NC(=O)OCc1ccccc1)C(=O)N(C)c1ccc(F)cc1. The van der Waals surface area contributed by atoms with E-state index in [2.05, 4.69) is 10.1 Å². The third kappa shape index (κ3) is 6.08. The van der Waals surface area contributed by atoms with E-state index in [0.717, 1.165) is 5.56 Å². The molecule has 0 bridgehead atoms. The van der Waals surface area contributed by atoms with Crippen LogP contribution in [0.2, 0.25) is 0 Å². The summed E-state index contributed by atoms with van der Waals surface area (Å²) < 4.78 is 22.8. The largest absolute Gasteiger partial charge is 0.469 e. The third-order valence-electron chi connectivity index (χ3n) is 3.95. The second kappa shape index (κ2) is 10.1. The molecule has 0 saturated carbocycles. The average Bonchev–Trinajstić information content (AvgIpc) is 2.72. The minimum atomic E-state index is -1.20. The van der Waals surface area contributed by atoms with Crippen LogP contribution in [0.15, 0.2) is 54.6 Å². The van der Waals surface area contributed by atoms with Gasteiger partial charge in [-0.3, -0.25) is 9.59 Å². The quantitative estimate of drug-likeness (QED) is 0.737. The van der Waals surface area contributed by atoms with Gasteiger partial charge in [0.05, 0.1) is 13.5 Å². The highest BCUT2D eigenvalue weighted by atomic mass is 19.1. The Balaban J connectivity index is 2.05. The molecule has 1 N–H and O–H groups in total. The molecular formula is C20H21FN2O5. The number of methoxy groups -OCH3 is 1. The molecule has 0 aliphatic heterocycles. The Hall–Kier alpha value is -3.42. The minimum absolute atomic E-state index is 0.0135. The van der Waals surface area contributed by atoms with E-state index in [0.29, 0.717) is 5.69 Å². The fraction of sp³-hybridized carbons (Fsp3) is 0.250. The van der Waals surface area contributed by atoms with E-state index < -0.39 is 29.8 Å². The second-order valence-electron chi connectivity index (χ2n) is 5.91. The number of amides is 2. The molecule has 1 atom stereocenters. The van der Waals surface area contributed by atoms with Gasteiger partial charge in [0.2, 0.25) is 5.91 Å². The van der Waals surface area contributed by atoms with Gasteiger partial charge in [0.1, 0.15) is 18.5 Å². The van der Waals surface area contributed by atoms with Gasteiger partial charge in [0.25, 0.3) is 0 Å². The summed E-state index contributed by atoms with van der Waals surface area (Å²) in [7, 11) is 2.64. The summed E-state index contributed by atoms with van der Waals surface area (Å²) in [6, 6.07) is 13.0. The van der Waals surface area contributed by atoms with Crippen molar-refractivity contribution < 1.29 is 28.2 Å². The minimum Gasteiger partial charge on any atom is -0.469 e. The summed E-state index contributed by atoms with van der Waals surface area (Å²) >= 11 is 0. The van der Waals surface area contributed by atoms with E-state index in [1.165, 1.54) is 43.3 Å². The average molecular weight is 388 g/mol. The van der Waals surface area contributed by atoms with Crippen LogP contribution in [-0.4, -0.2) is 38.2 Å². The summed E-state index contributed by atoms with van der Waals surface area (Å²) in [5, 5.41) is 2.39. The maximum Gasteiger partial charge on any atom is 0.408 e. The number of rotatable bonds is 7. The molecule has 8 heteroatoms. The highest BCUT2D eigenvalue weighted by Crippen LogP contribution is 2.15. The normalized spacial score (nSPS) is 11.2. The molecule has 7 nitrogen and oxygen atoms in total. The van der Waals surface area contributed by atoms with Crippen molar-refractivity contribution in [1.29, 1.82) is 0 Å². The number of nitrogens with one attached hydrogen (secondary N) is 1. The van der Waals surface area contributed by atoms with Crippen molar-refractivity contribution >= 4 is 23.7 Å². The molecule has 0 saturated heterocycles. The van der Waals surface area contributed by atoms with E-state index in [1.807, 2.05) is 6.07 Å². The zero-order chi connectivity index (χ0) is 20.5. The topological polar surface area (TPSA) is 84.9 Å². The van der Waals surface area contributed by atoms with Gasteiger partial charge in [-0.05, 0) is 29.8 Å². The van der Waals surface area contributed by atoms with E-state index in [4.69, 9.17) is 4.74 Å². The molecule has 2 aromatic carbocycles. The fourth-order valence-electron chi connectivity index (χ4n) is 2.38. The summed E-state index contributed by atoms with van der Waals surface area (Å²) in [5.41, 5.74) is 1.18. The van der Waals surface area contributed by atoms with Crippen molar-refractivity contribution in [2.75, 3.05) is 19.1 Å².